The summed E-state index contributed by atoms with van der Waals surface area (Å²) >= 11 is 0. The summed E-state index contributed by atoms with van der Waals surface area (Å²) in [5, 5.41) is 0. The van der Waals surface area contributed by atoms with Crippen LogP contribution in [0.25, 0.3) is 0 Å². The first-order valence-electron chi connectivity index (χ1n) is 5.92. The van der Waals surface area contributed by atoms with Gasteiger partial charge < -0.3 is 4.74 Å². The van der Waals surface area contributed by atoms with Crippen LogP contribution in [0.4, 0.5) is 61.5 Å². The zero-order valence-electron chi connectivity index (χ0n) is 11.5. The molecule has 1 fully saturated rings. The Kier molecular flexibility index (Phi) is 4.63. The highest BCUT2D eigenvalue weighted by atomic mass is 19.4. The van der Waals surface area contributed by atoms with Gasteiger partial charge in [-0.05, 0) is 6.92 Å². The molecule has 1 rings (SSSR count). The maximum absolute atomic E-state index is 14.4. The smallest absolute Gasteiger partial charge is 0.339 e. The number of hydrogen-bond acceptors (Lipinski definition) is 1. The average molecular weight is 408 g/mol. The fraction of sp³-hybridized carbons (Fsp3) is 1.00. The second kappa shape index (κ2) is 5.25. The summed E-state index contributed by atoms with van der Waals surface area (Å²) in [4.78, 5) is 0. The van der Waals surface area contributed by atoms with Crippen LogP contribution in [0.15, 0.2) is 0 Å². The molecule has 0 aromatic carbocycles. The minimum Gasteiger partial charge on any atom is -0.339 e. The van der Waals surface area contributed by atoms with Gasteiger partial charge in [0.1, 0.15) is 0 Å². The highest BCUT2D eigenvalue weighted by Gasteiger charge is 2.97. The Labute approximate surface area is 128 Å². The maximum atomic E-state index is 14.4. The third kappa shape index (κ3) is 2.55. The van der Waals surface area contributed by atoms with E-state index in [9.17, 15) is 61.5 Å². The zero-order chi connectivity index (χ0) is 20.5. The second-order valence-electron chi connectivity index (χ2n) is 5.28. The van der Waals surface area contributed by atoms with Crippen molar-refractivity contribution in [1.29, 1.82) is 0 Å². The third-order valence-electron chi connectivity index (χ3n) is 3.70. The van der Waals surface area contributed by atoms with E-state index >= 15 is 0 Å². The Hall–Kier alpha value is -1.02. The highest BCUT2D eigenvalue weighted by Crippen LogP contribution is 2.72. The summed E-state index contributed by atoms with van der Waals surface area (Å²) < 4.78 is 185. The van der Waals surface area contributed by atoms with Crippen LogP contribution in [0.2, 0.25) is 0 Å². The quantitative estimate of drug-likeness (QED) is 0.528. The van der Waals surface area contributed by atoms with Gasteiger partial charge in [0.15, 0.2) is 0 Å². The van der Waals surface area contributed by atoms with Crippen LogP contribution in [0.5, 0.6) is 0 Å². The topological polar surface area (TPSA) is 9.23 Å². The van der Waals surface area contributed by atoms with E-state index in [1.165, 1.54) is 0 Å². The molecule has 0 aliphatic carbocycles. The maximum Gasteiger partial charge on any atom is 0.437 e. The molecule has 1 aliphatic rings. The lowest BCUT2D eigenvalue weighted by Gasteiger charge is -2.47. The molecule has 2 unspecified atom stereocenters. The van der Waals surface area contributed by atoms with Gasteiger partial charge in [-0.2, -0.15) is 52.7 Å². The Bertz CT molecular complexity index is 482. The molecule has 0 N–H and O–H groups in total. The van der Waals surface area contributed by atoms with Gasteiger partial charge in [0.25, 0.3) is 5.85 Å². The number of rotatable bonds is 1. The van der Waals surface area contributed by atoms with Crippen molar-refractivity contribution >= 4 is 0 Å². The molecular weight excluding hydrogens is 402 g/mol. The van der Waals surface area contributed by atoms with Crippen LogP contribution < -0.4 is 0 Å². The predicted molar refractivity (Wildman–Crippen MR) is 49.5 cm³/mol. The van der Waals surface area contributed by atoms with Crippen LogP contribution >= 0.6 is 0 Å². The molecule has 1 heterocycles. The standard InChI is InChI=1S/C10H6F14O/c1-3-2-4(7(13,14)15,8(16,17)18)6(12,25-3)5(11,9(19,20)21)10(22,23)24/h3H,2H2,1H3. The summed E-state index contributed by atoms with van der Waals surface area (Å²) in [6.45, 7) is 0.140. The molecule has 0 radical (unpaired) electrons. The largest absolute Gasteiger partial charge is 0.437 e. The second-order valence-corrected chi connectivity index (χ2v) is 5.28. The molecule has 2 atom stereocenters. The first kappa shape index (κ1) is 22.0. The van der Waals surface area contributed by atoms with E-state index in [1.807, 2.05) is 0 Å². The van der Waals surface area contributed by atoms with Crippen LogP contribution in [-0.2, 0) is 4.74 Å². The molecule has 1 saturated heterocycles. The monoisotopic (exact) mass is 408 g/mol. The SMILES string of the molecule is CC1CC(C(F)(F)F)(C(F)(F)F)C(F)(C(F)(C(F)(F)F)C(F)(F)F)O1. The van der Waals surface area contributed by atoms with E-state index in [4.69, 9.17) is 0 Å². The normalized spacial score (nSPS) is 29.2. The molecule has 1 nitrogen and oxygen atoms in total. The minimum atomic E-state index is -7.61. The van der Waals surface area contributed by atoms with Gasteiger partial charge in [0.2, 0.25) is 5.41 Å². The summed E-state index contributed by atoms with van der Waals surface area (Å²) in [6.07, 6.45) is -34.8. The molecule has 15 heteroatoms. The van der Waals surface area contributed by atoms with Crippen molar-refractivity contribution in [3.63, 3.8) is 0 Å². The van der Waals surface area contributed by atoms with Gasteiger partial charge >= 0.3 is 30.4 Å². The molecule has 150 valence electrons. The third-order valence-corrected chi connectivity index (χ3v) is 3.70. The predicted octanol–water partition coefficient (Wildman–Crippen LogP) is 5.40. The average Bonchev–Trinajstić information content (AvgIpc) is 2.57. The molecule has 0 spiro atoms. The fourth-order valence-electron chi connectivity index (χ4n) is 2.64. The van der Waals surface area contributed by atoms with Crippen molar-refractivity contribution in [3.8, 4) is 0 Å². The van der Waals surface area contributed by atoms with E-state index in [0.29, 0.717) is 0 Å². The molecule has 25 heavy (non-hydrogen) atoms. The number of hydrogen-bond donors (Lipinski definition) is 0. The van der Waals surface area contributed by atoms with Crippen molar-refractivity contribution in [3.05, 3.63) is 0 Å². The first-order chi connectivity index (χ1) is 10.6. The van der Waals surface area contributed by atoms with E-state index in [2.05, 4.69) is 4.74 Å². The number of ether oxygens (including phenoxy) is 1. The lowest BCUT2D eigenvalue weighted by molar-refractivity contribution is -0.476. The van der Waals surface area contributed by atoms with Crippen molar-refractivity contribution in [2.45, 2.75) is 55.7 Å². The van der Waals surface area contributed by atoms with Crippen LogP contribution in [0, 0.1) is 5.41 Å². The zero-order valence-corrected chi connectivity index (χ0v) is 11.5. The van der Waals surface area contributed by atoms with Crippen molar-refractivity contribution in [2.75, 3.05) is 0 Å². The molecule has 0 aromatic rings. The van der Waals surface area contributed by atoms with Gasteiger partial charge in [-0.3, -0.25) is 0 Å². The Balaban J connectivity index is 4.01. The lowest BCUT2D eigenvalue weighted by atomic mass is 9.69. The van der Waals surface area contributed by atoms with Crippen molar-refractivity contribution in [1.82, 2.24) is 0 Å². The van der Waals surface area contributed by atoms with Crippen molar-refractivity contribution in [2.24, 2.45) is 5.41 Å². The van der Waals surface area contributed by atoms with Crippen LogP contribution in [0.1, 0.15) is 13.3 Å². The van der Waals surface area contributed by atoms with Gasteiger partial charge in [-0.1, -0.05) is 0 Å². The molecule has 0 amide bonds. The van der Waals surface area contributed by atoms with Gasteiger partial charge in [0.05, 0.1) is 6.10 Å². The van der Waals surface area contributed by atoms with Gasteiger partial charge in [-0.15, -0.1) is 0 Å². The molecule has 1 aliphatic heterocycles. The van der Waals surface area contributed by atoms with Gasteiger partial charge in [-0.25, -0.2) is 8.78 Å². The van der Waals surface area contributed by atoms with E-state index in [-0.39, 0.29) is 6.92 Å². The molecular formula is C10H6F14O. The Morgan fingerprint density at radius 3 is 1.28 bits per heavy atom. The van der Waals surface area contributed by atoms with Crippen molar-refractivity contribution < 1.29 is 66.2 Å². The van der Waals surface area contributed by atoms with Gasteiger partial charge in [0, 0.05) is 6.42 Å². The summed E-state index contributed by atoms with van der Waals surface area (Å²) in [5.74, 6) is -6.90. The van der Waals surface area contributed by atoms with Crippen LogP contribution in [-0.4, -0.2) is 42.3 Å². The Morgan fingerprint density at radius 1 is 0.720 bits per heavy atom. The number of halogens is 14. The fourth-order valence-corrected chi connectivity index (χ4v) is 2.64. The molecule has 0 saturated carbocycles. The summed E-state index contributed by atoms with van der Waals surface area (Å²) in [5.41, 5.74) is -14.0. The summed E-state index contributed by atoms with van der Waals surface area (Å²) in [7, 11) is 0. The van der Waals surface area contributed by atoms with E-state index in [0.717, 1.165) is 0 Å². The molecule has 0 bridgehead atoms. The van der Waals surface area contributed by atoms with E-state index < -0.39 is 54.2 Å². The number of alkyl halides is 14. The minimum absolute atomic E-state index is 0.140. The highest BCUT2D eigenvalue weighted by molar-refractivity contribution is 5.20. The van der Waals surface area contributed by atoms with Crippen LogP contribution in [0.3, 0.4) is 0 Å². The summed E-state index contributed by atoms with van der Waals surface area (Å²) in [6, 6.07) is 0. The lowest BCUT2D eigenvalue weighted by Crippen LogP contribution is -2.76. The molecule has 0 aromatic heterocycles. The first-order valence-corrected chi connectivity index (χ1v) is 5.92. The Morgan fingerprint density at radius 2 is 1.04 bits per heavy atom. The van der Waals surface area contributed by atoms with E-state index in [1.54, 1.807) is 0 Å².